The van der Waals surface area contributed by atoms with E-state index in [0.717, 1.165) is 45.6 Å². The molecule has 2 heterocycles. The number of likely N-dealkylation sites (N-methyl/N-ethyl adjacent to an activating group) is 1. The number of amides is 1. The van der Waals surface area contributed by atoms with Crippen molar-refractivity contribution in [1.82, 2.24) is 9.80 Å². The average Bonchev–Trinajstić information content (AvgIpc) is 3.05. The molecule has 2 bridgehead atoms. The van der Waals surface area contributed by atoms with Gasteiger partial charge in [-0.05, 0) is 67.8 Å². The molecule has 0 N–H and O–H groups in total. The monoisotopic (exact) mass is 397 g/mol. The zero-order valence-electron chi connectivity index (χ0n) is 17.8. The van der Waals surface area contributed by atoms with Crippen LogP contribution in [0.1, 0.15) is 68.0 Å². The van der Waals surface area contributed by atoms with Gasteiger partial charge in [0.2, 0.25) is 0 Å². The van der Waals surface area contributed by atoms with E-state index in [2.05, 4.69) is 35.0 Å². The Morgan fingerprint density at radius 1 is 1.00 bits per heavy atom. The largest absolute Gasteiger partial charge is 0.449 e. The van der Waals surface area contributed by atoms with Gasteiger partial charge in [-0.25, -0.2) is 4.79 Å². The molecule has 1 saturated carbocycles. The summed E-state index contributed by atoms with van der Waals surface area (Å²) in [7, 11) is 2.19. The maximum atomic E-state index is 12.9. The van der Waals surface area contributed by atoms with Crippen molar-refractivity contribution in [1.29, 1.82) is 0 Å². The number of benzene rings is 1. The van der Waals surface area contributed by atoms with E-state index in [-0.39, 0.29) is 12.1 Å². The maximum Gasteiger partial charge on any atom is 0.410 e. The summed E-state index contributed by atoms with van der Waals surface area (Å²) in [5, 5.41) is 0. The molecule has 29 heavy (non-hydrogen) atoms. The third-order valence-corrected chi connectivity index (χ3v) is 7.74. The van der Waals surface area contributed by atoms with Crippen molar-refractivity contribution in [2.75, 3.05) is 51.3 Å². The molecule has 158 valence electrons. The summed E-state index contributed by atoms with van der Waals surface area (Å²) in [5.74, 6) is 1.18. The summed E-state index contributed by atoms with van der Waals surface area (Å²) in [6.07, 6.45) is 8.41. The van der Waals surface area contributed by atoms with E-state index in [4.69, 9.17) is 4.74 Å². The number of carbonyl (C=O) groups excluding carboxylic acids is 1. The highest BCUT2D eigenvalue weighted by Crippen LogP contribution is 2.50. The molecule has 2 aliphatic heterocycles. The number of fused-ring (bicyclic) bond motifs is 5. The smallest absolute Gasteiger partial charge is 0.410 e. The SMILES string of the molecule is CN1CCN(c2ccc3c(c2)[C@H]2CC3CCN2C(=O)OCC2CCCCC2)CC1. The van der Waals surface area contributed by atoms with Gasteiger partial charge in [-0.1, -0.05) is 25.3 Å². The molecule has 1 aromatic rings. The van der Waals surface area contributed by atoms with Gasteiger partial charge in [0, 0.05) is 38.4 Å². The number of piperidine rings is 1. The zero-order valence-corrected chi connectivity index (χ0v) is 17.8. The first-order valence-corrected chi connectivity index (χ1v) is 11.7. The molecule has 5 heteroatoms. The number of nitrogens with zero attached hydrogens (tertiary/aromatic N) is 3. The lowest BCUT2D eigenvalue weighted by Crippen LogP contribution is -2.44. The lowest BCUT2D eigenvalue weighted by atomic mass is 9.90. The van der Waals surface area contributed by atoms with Crippen molar-refractivity contribution in [2.45, 2.75) is 56.9 Å². The van der Waals surface area contributed by atoms with Crippen LogP contribution in [-0.4, -0.2) is 62.3 Å². The minimum absolute atomic E-state index is 0.0862. The minimum atomic E-state index is -0.0862. The van der Waals surface area contributed by atoms with Crippen LogP contribution in [0.5, 0.6) is 0 Å². The molecule has 5 nitrogen and oxygen atoms in total. The summed E-state index contributed by atoms with van der Waals surface area (Å²) in [6.45, 7) is 5.83. The first-order chi connectivity index (χ1) is 14.2. The Balaban J connectivity index is 1.28. The zero-order chi connectivity index (χ0) is 19.8. The highest BCUT2D eigenvalue weighted by molar-refractivity contribution is 5.70. The summed E-state index contributed by atoms with van der Waals surface area (Å²) >= 11 is 0. The number of hydrogen-bond acceptors (Lipinski definition) is 4. The van der Waals surface area contributed by atoms with Crippen molar-refractivity contribution < 1.29 is 9.53 Å². The van der Waals surface area contributed by atoms with Crippen molar-refractivity contribution >= 4 is 11.8 Å². The highest BCUT2D eigenvalue weighted by Gasteiger charge is 2.41. The van der Waals surface area contributed by atoms with E-state index < -0.39 is 0 Å². The first-order valence-electron chi connectivity index (χ1n) is 11.7. The van der Waals surface area contributed by atoms with Gasteiger partial charge in [-0.3, -0.25) is 0 Å². The Bertz CT molecular complexity index is 738. The minimum Gasteiger partial charge on any atom is -0.449 e. The molecular formula is C24H35N3O2. The third-order valence-electron chi connectivity index (χ3n) is 7.74. The Labute approximate surface area is 175 Å². The van der Waals surface area contributed by atoms with E-state index in [1.807, 2.05) is 4.90 Å². The molecule has 1 aromatic carbocycles. The standard InChI is InChI=1S/C24H35N3O2/c1-25-11-13-26(14-12-25)20-7-8-21-19-9-10-27(23(15-19)22(21)16-20)24(28)29-17-18-5-3-2-4-6-18/h7-8,16,18-19,23H,2-6,9-15,17H2,1H3/t19?,23-/m1/s1. The third kappa shape index (κ3) is 3.86. The Morgan fingerprint density at radius 3 is 2.59 bits per heavy atom. The summed E-state index contributed by atoms with van der Waals surface area (Å²) in [6, 6.07) is 7.22. The van der Waals surface area contributed by atoms with Crippen molar-refractivity contribution in [2.24, 2.45) is 5.92 Å². The van der Waals surface area contributed by atoms with Crippen molar-refractivity contribution in [3.05, 3.63) is 29.3 Å². The Kier molecular flexibility index (Phi) is 5.42. The van der Waals surface area contributed by atoms with Crippen LogP contribution in [0.4, 0.5) is 10.5 Å². The molecular weight excluding hydrogens is 362 g/mol. The quantitative estimate of drug-likeness (QED) is 0.758. The molecule has 0 aromatic heterocycles. The summed E-state index contributed by atoms with van der Waals surface area (Å²) in [4.78, 5) is 19.9. The highest BCUT2D eigenvalue weighted by atomic mass is 16.6. The molecule has 5 rings (SSSR count). The summed E-state index contributed by atoms with van der Waals surface area (Å²) in [5.41, 5.74) is 4.16. The normalized spacial score (nSPS) is 27.8. The fourth-order valence-corrected chi connectivity index (χ4v) is 5.87. The van der Waals surface area contributed by atoms with Gasteiger partial charge in [0.1, 0.15) is 0 Å². The van der Waals surface area contributed by atoms with Crippen LogP contribution in [0.2, 0.25) is 0 Å². The number of hydrogen-bond donors (Lipinski definition) is 0. The Hall–Kier alpha value is -1.75. The van der Waals surface area contributed by atoms with E-state index in [9.17, 15) is 4.79 Å². The van der Waals surface area contributed by atoms with Crippen LogP contribution < -0.4 is 4.90 Å². The van der Waals surface area contributed by atoms with E-state index in [0.29, 0.717) is 18.4 Å². The van der Waals surface area contributed by atoms with E-state index in [1.165, 1.54) is 48.9 Å². The lowest BCUT2D eigenvalue weighted by molar-refractivity contribution is 0.0582. The molecule has 2 atom stereocenters. The molecule has 3 fully saturated rings. The fourth-order valence-electron chi connectivity index (χ4n) is 5.87. The number of rotatable bonds is 3. The number of anilines is 1. The number of ether oxygens (including phenoxy) is 1. The maximum absolute atomic E-state index is 12.9. The number of piperazine rings is 1. The van der Waals surface area contributed by atoms with Gasteiger partial charge >= 0.3 is 6.09 Å². The van der Waals surface area contributed by atoms with Crippen LogP contribution in [0, 0.1) is 5.92 Å². The lowest BCUT2D eigenvalue weighted by Gasteiger charge is -2.35. The summed E-state index contributed by atoms with van der Waals surface area (Å²) < 4.78 is 5.82. The molecule has 0 spiro atoms. The van der Waals surface area contributed by atoms with Crippen molar-refractivity contribution in [3.63, 3.8) is 0 Å². The molecule has 0 radical (unpaired) electrons. The van der Waals surface area contributed by atoms with Gasteiger partial charge in [0.25, 0.3) is 0 Å². The second-order valence-corrected chi connectivity index (χ2v) is 9.61. The molecule has 2 aliphatic carbocycles. The molecule has 1 amide bonds. The number of carbonyl (C=O) groups is 1. The predicted octanol–water partition coefficient (Wildman–Crippen LogP) is 4.39. The van der Waals surface area contributed by atoms with Gasteiger partial charge < -0.3 is 19.4 Å². The van der Waals surface area contributed by atoms with Gasteiger partial charge in [0.15, 0.2) is 0 Å². The van der Waals surface area contributed by atoms with Gasteiger partial charge in [-0.2, -0.15) is 0 Å². The van der Waals surface area contributed by atoms with Crippen LogP contribution >= 0.6 is 0 Å². The van der Waals surface area contributed by atoms with E-state index in [1.54, 1.807) is 0 Å². The molecule has 4 aliphatic rings. The first kappa shape index (κ1) is 19.2. The van der Waals surface area contributed by atoms with Crippen LogP contribution in [0.15, 0.2) is 18.2 Å². The van der Waals surface area contributed by atoms with Crippen LogP contribution in [0.3, 0.4) is 0 Å². The van der Waals surface area contributed by atoms with E-state index >= 15 is 0 Å². The molecule has 1 unspecified atom stereocenters. The molecule has 2 saturated heterocycles. The van der Waals surface area contributed by atoms with Gasteiger partial charge in [-0.15, -0.1) is 0 Å². The van der Waals surface area contributed by atoms with Gasteiger partial charge in [0.05, 0.1) is 12.6 Å². The second kappa shape index (κ2) is 8.17. The number of likely N-dealkylation sites (tertiary alicyclic amines) is 1. The van der Waals surface area contributed by atoms with Crippen LogP contribution in [0.25, 0.3) is 0 Å². The predicted molar refractivity (Wildman–Crippen MR) is 115 cm³/mol. The average molecular weight is 398 g/mol. The second-order valence-electron chi connectivity index (χ2n) is 9.61. The fraction of sp³-hybridized carbons (Fsp3) is 0.708. The Morgan fingerprint density at radius 2 is 1.79 bits per heavy atom. The topological polar surface area (TPSA) is 36.0 Å². The van der Waals surface area contributed by atoms with Crippen LogP contribution in [-0.2, 0) is 4.74 Å². The van der Waals surface area contributed by atoms with Crippen molar-refractivity contribution in [3.8, 4) is 0 Å².